The number of hydrogen-bond donors (Lipinski definition) is 1. The molecule has 27 heavy (non-hydrogen) atoms. The quantitative estimate of drug-likeness (QED) is 0.763. The van der Waals surface area contributed by atoms with Crippen LogP contribution in [0.3, 0.4) is 0 Å². The summed E-state index contributed by atoms with van der Waals surface area (Å²) >= 11 is 0. The molecular weight excluding hydrogens is 346 g/mol. The first-order chi connectivity index (χ1) is 12.8. The van der Waals surface area contributed by atoms with Crippen molar-refractivity contribution in [1.82, 2.24) is 15.1 Å². The predicted octanol–water partition coefficient (Wildman–Crippen LogP) is 1.87. The fourth-order valence-corrected chi connectivity index (χ4v) is 2.90. The molecule has 1 aromatic rings. The number of amides is 1. The summed E-state index contributed by atoms with van der Waals surface area (Å²) in [5.74, 6) is -0.395. The van der Waals surface area contributed by atoms with Crippen LogP contribution in [0.2, 0.25) is 0 Å². The van der Waals surface area contributed by atoms with E-state index in [9.17, 15) is 9.59 Å². The van der Waals surface area contributed by atoms with Crippen molar-refractivity contribution < 1.29 is 19.1 Å². The Morgan fingerprint density at radius 3 is 2.52 bits per heavy atom. The van der Waals surface area contributed by atoms with Crippen LogP contribution in [-0.4, -0.2) is 73.3 Å². The molecule has 1 aliphatic heterocycles. The number of carbonyl (C=O) groups is 2. The highest BCUT2D eigenvalue weighted by molar-refractivity contribution is 5.82. The molecule has 1 unspecified atom stereocenters. The zero-order chi connectivity index (χ0) is 19.9. The van der Waals surface area contributed by atoms with E-state index in [4.69, 9.17) is 9.47 Å². The first kappa shape index (κ1) is 21.2. The van der Waals surface area contributed by atoms with Crippen molar-refractivity contribution in [1.29, 1.82) is 0 Å². The smallest absolute Gasteiger partial charge is 0.410 e. The number of piperazine rings is 1. The SMILES string of the molecule is CNCCN1CCN(C(=O)OCc2ccccc2)C(C(=O)OC(C)(C)C)C1. The zero-order valence-electron chi connectivity index (χ0n) is 16.7. The standard InChI is InChI=1S/C20H31N3O4/c1-20(2,3)27-18(24)17-14-22(11-10-21-4)12-13-23(17)19(25)26-15-16-8-6-5-7-9-16/h5-9,17,21H,10-15H2,1-4H3. The van der Waals surface area contributed by atoms with Crippen molar-refractivity contribution in [3.63, 3.8) is 0 Å². The number of ether oxygens (including phenoxy) is 2. The lowest BCUT2D eigenvalue weighted by atomic mass is 10.1. The van der Waals surface area contributed by atoms with Crippen LogP contribution in [0.4, 0.5) is 4.79 Å². The van der Waals surface area contributed by atoms with Crippen LogP contribution in [0, 0.1) is 0 Å². The third-order valence-electron chi connectivity index (χ3n) is 4.26. The van der Waals surface area contributed by atoms with Gasteiger partial charge in [0.25, 0.3) is 0 Å². The molecule has 0 saturated carbocycles. The van der Waals surface area contributed by atoms with Crippen LogP contribution in [0.15, 0.2) is 30.3 Å². The molecular formula is C20H31N3O4. The Morgan fingerprint density at radius 2 is 1.89 bits per heavy atom. The minimum Gasteiger partial charge on any atom is -0.458 e. The number of hydrogen-bond acceptors (Lipinski definition) is 6. The summed E-state index contributed by atoms with van der Waals surface area (Å²) < 4.78 is 11.0. The summed E-state index contributed by atoms with van der Waals surface area (Å²) in [6.07, 6.45) is -0.483. The van der Waals surface area contributed by atoms with Gasteiger partial charge < -0.3 is 14.8 Å². The van der Waals surface area contributed by atoms with Gasteiger partial charge in [0, 0.05) is 32.7 Å². The van der Waals surface area contributed by atoms with Gasteiger partial charge in [-0.05, 0) is 33.4 Å². The van der Waals surface area contributed by atoms with Gasteiger partial charge in [-0.1, -0.05) is 30.3 Å². The molecule has 1 fully saturated rings. The molecule has 0 aliphatic carbocycles. The highest BCUT2D eigenvalue weighted by atomic mass is 16.6. The minimum atomic E-state index is -0.668. The largest absolute Gasteiger partial charge is 0.458 e. The molecule has 2 rings (SSSR count). The maximum Gasteiger partial charge on any atom is 0.410 e. The Balaban J connectivity index is 2.03. The maximum atomic E-state index is 12.7. The average molecular weight is 377 g/mol. The predicted molar refractivity (Wildman–Crippen MR) is 103 cm³/mol. The van der Waals surface area contributed by atoms with Crippen LogP contribution in [0.1, 0.15) is 26.3 Å². The van der Waals surface area contributed by atoms with Gasteiger partial charge in [-0.2, -0.15) is 0 Å². The van der Waals surface area contributed by atoms with Crippen molar-refractivity contribution in [2.75, 3.05) is 39.8 Å². The van der Waals surface area contributed by atoms with Crippen molar-refractivity contribution in [3.8, 4) is 0 Å². The number of benzene rings is 1. The van der Waals surface area contributed by atoms with Crippen molar-refractivity contribution in [3.05, 3.63) is 35.9 Å². The lowest BCUT2D eigenvalue weighted by Gasteiger charge is -2.40. The Hall–Kier alpha value is -2.12. The van der Waals surface area contributed by atoms with Gasteiger partial charge in [0.2, 0.25) is 0 Å². The fourth-order valence-electron chi connectivity index (χ4n) is 2.90. The molecule has 1 heterocycles. The van der Waals surface area contributed by atoms with Crippen molar-refractivity contribution in [2.45, 2.75) is 39.0 Å². The van der Waals surface area contributed by atoms with Crippen molar-refractivity contribution in [2.24, 2.45) is 0 Å². The number of likely N-dealkylation sites (N-methyl/N-ethyl adjacent to an activating group) is 1. The van der Waals surface area contributed by atoms with E-state index in [0.29, 0.717) is 19.6 Å². The number of nitrogens with one attached hydrogen (secondary N) is 1. The summed E-state index contributed by atoms with van der Waals surface area (Å²) in [5, 5.41) is 3.11. The van der Waals surface area contributed by atoms with E-state index in [2.05, 4.69) is 10.2 Å². The zero-order valence-corrected chi connectivity index (χ0v) is 16.7. The number of esters is 1. The summed E-state index contributed by atoms with van der Waals surface area (Å²) in [4.78, 5) is 29.0. The van der Waals surface area contributed by atoms with Crippen LogP contribution < -0.4 is 5.32 Å². The second kappa shape index (κ2) is 9.71. The van der Waals surface area contributed by atoms with E-state index in [1.165, 1.54) is 4.90 Å². The normalized spacial score (nSPS) is 18.2. The van der Waals surface area contributed by atoms with Crippen LogP contribution >= 0.6 is 0 Å². The van der Waals surface area contributed by atoms with Crippen LogP contribution in [-0.2, 0) is 20.9 Å². The molecule has 1 saturated heterocycles. The number of carbonyl (C=O) groups excluding carboxylic acids is 2. The van der Waals surface area contributed by atoms with E-state index in [-0.39, 0.29) is 6.61 Å². The number of rotatable bonds is 6. The van der Waals surface area contributed by atoms with Crippen molar-refractivity contribution >= 4 is 12.1 Å². The molecule has 1 atom stereocenters. The molecule has 0 bridgehead atoms. The summed E-state index contributed by atoms with van der Waals surface area (Å²) in [6, 6.07) is 8.83. The Kier molecular flexibility index (Phi) is 7.62. The van der Waals surface area contributed by atoms with Crippen LogP contribution in [0.25, 0.3) is 0 Å². The van der Waals surface area contributed by atoms with E-state index in [1.807, 2.05) is 58.2 Å². The minimum absolute atomic E-state index is 0.181. The molecule has 7 nitrogen and oxygen atoms in total. The molecule has 7 heteroatoms. The van der Waals surface area contributed by atoms with E-state index in [1.54, 1.807) is 0 Å². The number of nitrogens with zero attached hydrogens (tertiary/aromatic N) is 2. The lowest BCUT2D eigenvalue weighted by molar-refractivity contribution is -0.163. The van der Waals surface area contributed by atoms with E-state index < -0.39 is 23.7 Å². The Morgan fingerprint density at radius 1 is 1.19 bits per heavy atom. The second-order valence-corrected chi connectivity index (χ2v) is 7.69. The first-order valence-electron chi connectivity index (χ1n) is 9.37. The monoisotopic (exact) mass is 377 g/mol. The summed E-state index contributed by atoms with van der Waals surface area (Å²) in [7, 11) is 1.89. The van der Waals surface area contributed by atoms with Gasteiger partial charge in [0.05, 0.1) is 0 Å². The first-order valence-corrected chi connectivity index (χ1v) is 9.37. The molecule has 1 N–H and O–H groups in total. The Labute approximate surface area is 161 Å². The van der Waals surface area contributed by atoms with E-state index in [0.717, 1.165) is 18.7 Å². The van der Waals surface area contributed by atoms with Gasteiger partial charge >= 0.3 is 12.1 Å². The molecule has 1 amide bonds. The Bertz CT molecular complexity index is 615. The highest BCUT2D eigenvalue weighted by Gasteiger charge is 2.38. The van der Waals surface area contributed by atoms with Gasteiger partial charge in [-0.3, -0.25) is 9.80 Å². The third-order valence-corrected chi connectivity index (χ3v) is 4.26. The maximum absolute atomic E-state index is 12.7. The molecule has 150 valence electrons. The van der Waals surface area contributed by atoms with Gasteiger partial charge in [-0.15, -0.1) is 0 Å². The topological polar surface area (TPSA) is 71.1 Å². The van der Waals surface area contributed by atoms with Gasteiger partial charge in [-0.25, -0.2) is 9.59 Å². The fraction of sp³-hybridized carbons (Fsp3) is 0.600. The van der Waals surface area contributed by atoms with Gasteiger partial charge in [0.1, 0.15) is 18.2 Å². The third kappa shape index (κ3) is 6.84. The average Bonchev–Trinajstić information content (AvgIpc) is 2.63. The van der Waals surface area contributed by atoms with Gasteiger partial charge in [0.15, 0.2) is 0 Å². The summed E-state index contributed by atoms with van der Waals surface area (Å²) in [5.41, 5.74) is 0.302. The van der Waals surface area contributed by atoms with E-state index >= 15 is 0 Å². The lowest BCUT2D eigenvalue weighted by Crippen LogP contribution is -2.59. The second-order valence-electron chi connectivity index (χ2n) is 7.69. The molecule has 0 radical (unpaired) electrons. The molecule has 0 aromatic heterocycles. The summed E-state index contributed by atoms with van der Waals surface area (Å²) in [6.45, 7) is 8.85. The molecule has 0 spiro atoms. The molecule has 1 aliphatic rings. The highest BCUT2D eigenvalue weighted by Crippen LogP contribution is 2.17. The van der Waals surface area contributed by atoms with Crippen LogP contribution in [0.5, 0.6) is 0 Å². The molecule has 1 aromatic carbocycles.